The predicted molar refractivity (Wildman–Crippen MR) is 94.4 cm³/mol. The molecule has 0 bridgehead atoms. The van der Waals surface area contributed by atoms with Crippen molar-refractivity contribution in [2.45, 2.75) is 19.3 Å². The van der Waals surface area contributed by atoms with E-state index >= 15 is 0 Å². The van der Waals surface area contributed by atoms with Crippen LogP contribution in [0.3, 0.4) is 0 Å². The smallest absolute Gasteiger partial charge is 0.199 e. The number of hydrogen-bond acceptors (Lipinski definition) is 3. The number of allylic oxidation sites excluding steroid dienone is 2. The molecule has 0 unspecified atom stereocenters. The van der Waals surface area contributed by atoms with E-state index < -0.39 is 0 Å². The van der Waals surface area contributed by atoms with Gasteiger partial charge in [0.2, 0.25) is 0 Å². The molecule has 1 aromatic heterocycles. The Bertz CT molecular complexity index is 934. The van der Waals surface area contributed by atoms with Gasteiger partial charge in [0.1, 0.15) is 10.6 Å². The molecule has 3 aromatic rings. The molecular formula is C20H16O2S. The molecule has 0 saturated carbocycles. The summed E-state index contributed by atoms with van der Waals surface area (Å²) in [5, 5.41) is 11.1. The lowest BCUT2D eigenvalue weighted by atomic mass is 9.87. The summed E-state index contributed by atoms with van der Waals surface area (Å²) in [6, 6.07) is 16.0. The minimum atomic E-state index is -0.0851. The second-order valence-electron chi connectivity index (χ2n) is 5.89. The number of ketones is 1. The van der Waals surface area contributed by atoms with Crippen molar-refractivity contribution in [1.29, 1.82) is 0 Å². The van der Waals surface area contributed by atoms with Gasteiger partial charge in [0, 0.05) is 10.1 Å². The molecule has 114 valence electrons. The lowest BCUT2D eigenvalue weighted by Gasteiger charge is -2.18. The van der Waals surface area contributed by atoms with Crippen LogP contribution in [0.15, 0.2) is 60.2 Å². The Morgan fingerprint density at radius 1 is 1.00 bits per heavy atom. The van der Waals surface area contributed by atoms with Crippen LogP contribution in [0.5, 0.6) is 5.75 Å². The van der Waals surface area contributed by atoms with E-state index in [1.807, 2.05) is 30.3 Å². The molecule has 0 aliphatic heterocycles. The standard InChI is InChI=1S/C20H16O2S/c21-17(20-19(22)16-7-3-4-8-18(16)23-20)12-13-9-10-14-5-1-2-6-15(14)11-13/h1-8,12,22H,9-11H2. The molecule has 3 heteroatoms. The van der Waals surface area contributed by atoms with Crippen LogP contribution >= 0.6 is 11.3 Å². The van der Waals surface area contributed by atoms with Gasteiger partial charge in [0.25, 0.3) is 0 Å². The molecule has 1 aliphatic rings. The van der Waals surface area contributed by atoms with Crippen molar-refractivity contribution in [3.05, 3.63) is 76.2 Å². The number of carbonyl (C=O) groups is 1. The summed E-state index contributed by atoms with van der Waals surface area (Å²) in [4.78, 5) is 13.0. The summed E-state index contributed by atoms with van der Waals surface area (Å²) in [6.45, 7) is 0. The molecule has 0 spiro atoms. The monoisotopic (exact) mass is 320 g/mol. The zero-order valence-electron chi connectivity index (χ0n) is 12.6. The Hall–Kier alpha value is -2.39. The number of aromatic hydroxyl groups is 1. The Morgan fingerprint density at radius 3 is 2.57 bits per heavy atom. The highest BCUT2D eigenvalue weighted by Gasteiger charge is 2.18. The van der Waals surface area contributed by atoms with Gasteiger partial charge in [-0.25, -0.2) is 0 Å². The van der Waals surface area contributed by atoms with Gasteiger partial charge in [-0.3, -0.25) is 4.79 Å². The van der Waals surface area contributed by atoms with Crippen molar-refractivity contribution in [2.24, 2.45) is 0 Å². The molecule has 1 aliphatic carbocycles. The van der Waals surface area contributed by atoms with Crippen molar-refractivity contribution in [2.75, 3.05) is 0 Å². The Kier molecular flexibility index (Phi) is 3.50. The quantitative estimate of drug-likeness (QED) is 0.538. The van der Waals surface area contributed by atoms with E-state index in [2.05, 4.69) is 18.2 Å². The highest BCUT2D eigenvalue weighted by molar-refractivity contribution is 7.21. The lowest BCUT2D eigenvalue weighted by Crippen LogP contribution is -2.07. The number of hydrogen-bond donors (Lipinski definition) is 1. The minimum absolute atomic E-state index is 0.0851. The van der Waals surface area contributed by atoms with Gasteiger partial charge in [0.15, 0.2) is 5.78 Å². The van der Waals surface area contributed by atoms with Crippen molar-refractivity contribution in [3.63, 3.8) is 0 Å². The Balaban J connectivity index is 1.66. The SMILES string of the molecule is O=C(C=C1CCc2ccccc2C1)c1sc2ccccc2c1O. The molecule has 1 heterocycles. The number of fused-ring (bicyclic) bond motifs is 2. The fourth-order valence-corrected chi connectivity index (χ4v) is 4.18. The third-order valence-electron chi connectivity index (χ3n) is 4.38. The van der Waals surface area contributed by atoms with Crippen molar-refractivity contribution in [3.8, 4) is 5.75 Å². The number of aryl methyl sites for hydroxylation is 1. The maximum absolute atomic E-state index is 12.6. The number of benzene rings is 2. The van der Waals surface area contributed by atoms with Gasteiger partial charge >= 0.3 is 0 Å². The van der Waals surface area contributed by atoms with E-state index in [-0.39, 0.29) is 11.5 Å². The van der Waals surface area contributed by atoms with Gasteiger partial charge in [-0.2, -0.15) is 0 Å². The minimum Gasteiger partial charge on any atom is -0.506 e. The average Bonchev–Trinajstić information content (AvgIpc) is 2.92. The molecule has 0 radical (unpaired) electrons. The average molecular weight is 320 g/mol. The summed E-state index contributed by atoms with van der Waals surface area (Å²) >= 11 is 1.36. The van der Waals surface area contributed by atoms with Gasteiger partial charge in [-0.15, -0.1) is 11.3 Å². The molecule has 2 aromatic carbocycles. The summed E-state index contributed by atoms with van der Waals surface area (Å²) in [6.07, 6.45) is 4.44. The molecule has 0 saturated heterocycles. The third-order valence-corrected chi connectivity index (χ3v) is 5.55. The normalized spacial score (nSPS) is 15.7. The second kappa shape index (κ2) is 5.67. The van der Waals surface area contributed by atoms with Crippen LogP contribution < -0.4 is 0 Å². The third kappa shape index (κ3) is 2.57. The van der Waals surface area contributed by atoms with E-state index in [0.29, 0.717) is 4.88 Å². The van der Waals surface area contributed by atoms with Gasteiger partial charge in [0.05, 0.1) is 0 Å². The second-order valence-corrected chi connectivity index (χ2v) is 6.94. The summed E-state index contributed by atoms with van der Waals surface area (Å²) < 4.78 is 0.945. The van der Waals surface area contributed by atoms with E-state index in [1.54, 1.807) is 6.08 Å². The highest BCUT2D eigenvalue weighted by Crippen LogP contribution is 2.37. The largest absolute Gasteiger partial charge is 0.506 e. The van der Waals surface area contributed by atoms with Crippen molar-refractivity contribution >= 4 is 27.2 Å². The molecule has 0 atom stereocenters. The fraction of sp³-hybridized carbons (Fsp3) is 0.150. The zero-order chi connectivity index (χ0) is 15.8. The van der Waals surface area contributed by atoms with Crippen LogP contribution in [-0.4, -0.2) is 10.9 Å². The maximum atomic E-state index is 12.6. The first kappa shape index (κ1) is 14.2. The first-order chi connectivity index (χ1) is 11.2. The van der Waals surface area contributed by atoms with Crippen LogP contribution in [0.1, 0.15) is 27.2 Å². The maximum Gasteiger partial charge on any atom is 0.199 e. The lowest BCUT2D eigenvalue weighted by molar-refractivity contribution is 0.104. The Morgan fingerprint density at radius 2 is 1.74 bits per heavy atom. The fourth-order valence-electron chi connectivity index (χ4n) is 3.18. The molecule has 1 N–H and O–H groups in total. The van der Waals surface area contributed by atoms with Crippen LogP contribution in [0, 0.1) is 0 Å². The molecule has 2 nitrogen and oxygen atoms in total. The van der Waals surface area contributed by atoms with Gasteiger partial charge < -0.3 is 5.11 Å². The van der Waals surface area contributed by atoms with Gasteiger partial charge in [-0.05, 0) is 48.6 Å². The molecule has 23 heavy (non-hydrogen) atoms. The first-order valence-corrected chi connectivity index (χ1v) is 8.55. The van der Waals surface area contributed by atoms with Crippen LogP contribution in [0.2, 0.25) is 0 Å². The zero-order valence-corrected chi connectivity index (χ0v) is 13.4. The molecular weight excluding hydrogens is 304 g/mol. The molecule has 0 fully saturated rings. The summed E-state index contributed by atoms with van der Waals surface area (Å²) in [7, 11) is 0. The topological polar surface area (TPSA) is 37.3 Å². The predicted octanol–water partition coefficient (Wildman–Crippen LogP) is 4.90. The van der Waals surface area contributed by atoms with Gasteiger partial charge in [-0.1, -0.05) is 42.0 Å². The van der Waals surface area contributed by atoms with Crippen LogP contribution in [0.4, 0.5) is 0 Å². The number of carbonyl (C=O) groups excluding carboxylic acids is 1. The number of thiophene rings is 1. The van der Waals surface area contributed by atoms with Crippen molar-refractivity contribution in [1.82, 2.24) is 0 Å². The van der Waals surface area contributed by atoms with Crippen molar-refractivity contribution < 1.29 is 9.90 Å². The summed E-state index contributed by atoms with van der Waals surface area (Å²) in [5.74, 6) is 0.0294. The molecule has 0 amide bonds. The van der Waals surface area contributed by atoms with E-state index in [9.17, 15) is 9.90 Å². The van der Waals surface area contributed by atoms with Crippen LogP contribution in [-0.2, 0) is 12.8 Å². The van der Waals surface area contributed by atoms with E-state index in [0.717, 1.165) is 34.9 Å². The van der Waals surface area contributed by atoms with E-state index in [4.69, 9.17) is 0 Å². The number of rotatable bonds is 2. The highest BCUT2D eigenvalue weighted by atomic mass is 32.1. The summed E-state index contributed by atoms with van der Waals surface area (Å²) in [5.41, 5.74) is 3.82. The molecule has 4 rings (SSSR count). The Labute approximate surface area is 138 Å². The first-order valence-electron chi connectivity index (χ1n) is 7.73. The van der Waals surface area contributed by atoms with E-state index in [1.165, 1.54) is 22.5 Å². The van der Waals surface area contributed by atoms with Crippen LogP contribution in [0.25, 0.3) is 10.1 Å².